The second-order valence-electron chi connectivity index (χ2n) is 5.29. The van der Waals surface area contributed by atoms with Crippen LogP contribution in [-0.2, 0) is 16.1 Å². The average Bonchev–Trinajstić information content (AvgIpc) is 3.16. The van der Waals surface area contributed by atoms with Gasteiger partial charge in [0, 0.05) is 37.5 Å². The first-order valence-corrected chi connectivity index (χ1v) is 8.40. The first-order chi connectivity index (χ1) is 10.3. The van der Waals surface area contributed by atoms with Crippen LogP contribution in [0.4, 0.5) is 0 Å². The van der Waals surface area contributed by atoms with Gasteiger partial charge in [0.2, 0.25) is 5.91 Å². The highest BCUT2D eigenvalue weighted by Gasteiger charge is 2.17. The molecule has 21 heavy (non-hydrogen) atoms. The highest BCUT2D eigenvalue weighted by Crippen LogP contribution is 2.10. The molecule has 1 fully saturated rings. The van der Waals surface area contributed by atoms with Crippen LogP contribution < -0.4 is 5.32 Å². The fraction of sp³-hybridized carbons (Fsp3) is 0.667. The summed E-state index contributed by atoms with van der Waals surface area (Å²) in [6.07, 6.45) is 2.22. The summed E-state index contributed by atoms with van der Waals surface area (Å²) < 4.78 is 5.44. The van der Waals surface area contributed by atoms with Gasteiger partial charge in [0.25, 0.3) is 0 Å². The molecule has 0 bridgehead atoms. The second kappa shape index (κ2) is 9.15. The van der Waals surface area contributed by atoms with E-state index in [4.69, 9.17) is 4.74 Å². The maximum Gasteiger partial charge on any atom is 0.223 e. The first kappa shape index (κ1) is 16.4. The number of nitrogens with one attached hydrogen (secondary N) is 1. The summed E-state index contributed by atoms with van der Waals surface area (Å²) in [5.41, 5.74) is 0. The zero-order valence-corrected chi connectivity index (χ0v) is 13.1. The van der Waals surface area contributed by atoms with Crippen molar-refractivity contribution in [2.24, 2.45) is 0 Å². The fourth-order valence-corrected chi connectivity index (χ4v) is 2.98. The van der Waals surface area contributed by atoms with Gasteiger partial charge in [-0.2, -0.15) is 0 Å². The predicted octanol–water partition coefficient (Wildman–Crippen LogP) is 1.23. The Morgan fingerprint density at radius 1 is 1.48 bits per heavy atom. The Morgan fingerprint density at radius 3 is 3.00 bits per heavy atom. The van der Waals surface area contributed by atoms with Crippen molar-refractivity contribution in [2.75, 3.05) is 32.8 Å². The quantitative estimate of drug-likeness (QED) is 0.673. The second-order valence-corrected chi connectivity index (χ2v) is 6.32. The number of likely N-dealkylation sites (tertiary alicyclic amines) is 1. The van der Waals surface area contributed by atoms with Gasteiger partial charge in [0.15, 0.2) is 0 Å². The third-order valence-electron chi connectivity index (χ3n) is 3.49. The SMILES string of the molecule is O=C(CCNCC(O)COCc1cccs1)N1CCCC1. The Morgan fingerprint density at radius 2 is 2.29 bits per heavy atom. The number of carbonyl (C=O) groups excluding carboxylic acids is 1. The highest BCUT2D eigenvalue weighted by molar-refractivity contribution is 7.09. The van der Waals surface area contributed by atoms with Crippen molar-refractivity contribution < 1.29 is 14.6 Å². The molecule has 0 aromatic carbocycles. The lowest BCUT2D eigenvalue weighted by molar-refractivity contribution is -0.130. The molecule has 2 N–H and O–H groups in total. The van der Waals surface area contributed by atoms with E-state index >= 15 is 0 Å². The van der Waals surface area contributed by atoms with Crippen molar-refractivity contribution in [1.82, 2.24) is 10.2 Å². The third-order valence-corrected chi connectivity index (χ3v) is 4.34. The molecular weight excluding hydrogens is 288 g/mol. The van der Waals surface area contributed by atoms with Crippen molar-refractivity contribution >= 4 is 17.2 Å². The van der Waals surface area contributed by atoms with Gasteiger partial charge in [-0.05, 0) is 24.3 Å². The maximum atomic E-state index is 11.8. The Kier molecular flexibility index (Phi) is 7.15. The summed E-state index contributed by atoms with van der Waals surface area (Å²) in [7, 11) is 0. The summed E-state index contributed by atoms with van der Waals surface area (Å²) in [5, 5.41) is 14.9. The van der Waals surface area contributed by atoms with Crippen LogP contribution in [0, 0.1) is 0 Å². The van der Waals surface area contributed by atoms with Gasteiger partial charge < -0.3 is 20.1 Å². The minimum absolute atomic E-state index is 0.212. The third kappa shape index (κ3) is 6.13. The summed E-state index contributed by atoms with van der Waals surface area (Å²) in [6.45, 7) is 3.72. The maximum absolute atomic E-state index is 11.8. The van der Waals surface area contributed by atoms with Gasteiger partial charge in [-0.15, -0.1) is 11.3 Å². The number of carbonyl (C=O) groups is 1. The summed E-state index contributed by atoms with van der Waals surface area (Å²) in [4.78, 5) is 14.9. The van der Waals surface area contributed by atoms with Gasteiger partial charge in [-0.3, -0.25) is 4.79 Å². The van der Waals surface area contributed by atoms with Crippen molar-refractivity contribution in [1.29, 1.82) is 0 Å². The lowest BCUT2D eigenvalue weighted by Gasteiger charge is -2.16. The zero-order valence-electron chi connectivity index (χ0n) is 12.3. The largest absolute Gasteiger partial charge is 0.389 e. The Labute approximate surface area is 129 Å². The smallest absolute Gasteiger partial charge is 0.223 e. The standard InChI is InChI=1S/C15H24N2O3S/c18-13(11-20-12-14-4-3-9-21-14)10-16-6-5-15(19)17-7-1-2-8-17/h3-4,9,13,16,18H,1-2,5-8,10-12H2. The summed E-state index contributed by atoms with van der Waals surface area (Å²) in [6, 6.07) is 4.00. The molecule has 1 aromatic rings. The molecule has 1 aliphatic rings. The number of nitrogens with zero attached hydrogens (tertiary/aromatic N) is 1. The van der Waals surface area contributed by atoms with Crippen LogP contribution in [0.15, 0.2) is 17.5 Å². The van der Waals surface area contributed by atoms with Crippen LogP contribution >= 0.6 is 11.3 Å². The monoisotopic (exact) mass is 312 g/mol. The summed E-state index contributed by atoms with van der Waals surface area (Å²) >= 11 is 1.65. The molecule has 1 atom stereocenters. The highest BCUT2D eigenvalue weighted by atomic mass is 32.1. The molecule has 0 aliphatic carbocycles. The molecule has 0 spiro atoms. The number of hydrogen-bond acceptors (Lipinski definition) is 5. The number of rotatable bonds is 9. The van der Waals surface area contributed by atoms with Crippen LogP contribution in [0.3, 0.4) is 0 Å². The molecule has 1 saturated heterocycles. The number of aliphatic hydroxyl groups excluding tert-OH is 1. The van der Waals surface area contributed by atoms with Crippen molar-refractivity contribution in [2.45, 2.75) is 32.0 Å². The van der Waals surface area contributed by atoms with Crippen LogP contribution in [0.1, 0.15) is 24.1 Å². The molecular formula is C15H24N2O3S. The average molecular weight is 312 g/mol. The first-order valence-electron chi connectivity index (χ1n) is 7.52. The van der Waals surface area contributed by atoms with E-state index in [2.05, 4.69) is 5.32 Å². The summed E-state index contributed by atoms with van der Waals surface area (Å²) in [5.74, 6) is 0.212. The molecule has 0 radical (unpaired) electrons. The van der Waals surface area contributed by atoms with Gasteiger partial charge in [0.05, 0.1) is 19.3 Å². The normalized spacial score (nSPS) is 16.3. The number of thiophene rings is 1. The fourth-order valence-electron chi connectivity index (χ4n) is 2.34. The Bertz CT molecular complexity index is 405. The van der Waals surface area contributed by atoms with E-state index in [-0.39, 0.29) is 5.91 Å². The van der Waals surface area contributed by atoms with E-state index in [1.807, 2.05) is 22.4 Å². The van der Waals surface area contributed by atoms with Crippen LogP contribution in [0.25, 0.3) is 0 Å². The van der Waals surface area contributed by atoms with E-state index in [0.717, 1.165) is 30.8 Å². The van der Waals surface area contributed by atoms with Gasteiger partial charge in [0.1, 0.15) is 0 Å². The van der Waals surface area contributed by atoms with Gasteiger partial charge in [-0.25, -0.2) is 0 Å². The molecule has 1 aliphatic heterocycles. The molecule has 5 nitrogen and oxygen atoms in total. The molecule has 6 heteroatoms. The van der Waals surface area contributed by atoms with E-state index < -0.39 is 6.10 Å². The lowest BCUT2D eigenvalue weighted by Crippen LogP contribution is -2.34. The van der Waals surface area contributed by atoms with Crippen molar-refractivity contribution in [3.63, 3.8) is 0 Å². The van der Waals surface area contributed by atoms with Crippen molar-refractivity contribution in [3.8, 4) is 0 Å². The minimum Gasteiger partial charge on any atom is -0.389 e. The zero-order chi connectivity index (χ0) is 14.9. The van der Waals surface area contributed by atoms with Crippen LogP contribution in [-0.4, -0.2) is 54.8 Å². The molecule has 118 valence electrons. The van der Waals surface area contributed by atoms with E-state index in [9.17, 15) is 9.90 Å². The number of hydrogen-bond donors (Lipinski definition) is 2. The van der Waals surface area contributed by atoms with E-state index in [1.54, 1.807) is 11.3 Å². The number of aliphatic hydroxyl groups is 1. The van der Waals surface area contributed by atoms with E-state index in [1.165, 1.54) is 0 Å². The molecule has 0 saturated carbocycles. The van der Waals surface area contributed by atoms with Crippen LogP contribution in [0.5, 0.6) is 0 Å². The van der Waals surface area contributed by atoms with Crippen LogP contribution in [0.2, 0.25) is 0 Å². The molecule has 1 aromatic heterocycles. The number of ether oxygens (including phenoxy) is 1. The minimum atomic E-state index is -0.535. The number of amides is 1. The topological polar surface area (TPSA) is 61.8 Å². The molecule has 2 rings (SSSR count). The van der Waals surface area contributed by atoms with Gasteiger partial charge in [-0.1, -0.05) is 6.07 Å². The Balaban J connectivity index is 1.47. The predicted molar refractivity (Wildman–Crippen MR) is 83.3 cm³/mol. The van der Waals surface area contributed by atoms with E-state index in [0.29, 0.717) is 32.7 Å². The Hall–Kier alpha value is -0.950. The van der Waals surface area contributed by atoms with Gasteiger partial charge >= 0.3 is 0 Å². The molecule has 1 amide bonds. The molecule has 1 unspecified atom stereocenters. The lowest BCUT2D eigenvalue weighted by atomic mass is 10.3. The molecule has 2 heterocycles. The van der Waals surface area contributed by atoms with Crippen molar-refractivity contribution in [3.05, 3.63) is 22.4 Å².